The molecule has 0 amide bonds. The van der Waals surface area contributed by atoms with Gasteiger partial charge >= 0.3 is 0 Å². The minimum atomic E-state index is -1.06. The van der Waals surface area contributed by atoms with Crippen LogP contribution in [0.1, 0.15) is 40.0 Å². The second kappa shape index (κ2) is 7.69. The molecule has 4 heteroatoms. The van der Waals surface area contributed by atoms with E-state index in [1.54, 1.807) is 6.92 Å². The highest BCUT2D eigenvalue weighted by Crippen LogP contribution is 2.33. The van der Waals surface area contributed by atoms with E-state index in [0.29, 0.717) is 13.0 Å². The van der Waals surface area contributed by atoms with Crippen molar-refractivity contribution < 1.29 is 9.84 Å². The summed E-state index contributed by atoms with van der Waals surface area (Å²) < 4.78 is 6.51. The predicted molar refractivity (Wildman–Crippen MR) is 92.9 cm³/mol. The lowest BCUT2D eigenvalue weighted by Gasteiger charge is -2.46. The molecule has 2 unspecified atom stereocenters. The lowest BCUT2D eigenvalue weighted by molar-refractivity contribution is -0.171. The largest absolute Gasteiger partial charge is 0.375 e. The van der Waals surface area contributed by atoms with Gasteiger partial charge in [-0.3, -0.25) is 0 Å². The number of hydrogen-bond donors (Lipinski definition) is 1. The lowest BCUT2D eigenvalue weighted by atomic mass is 9.86. The van der Waals surface area contributed by atoms with Gasteiger partial charge in [0, 0.05) is 45.4 Å². The van der Waals surface area contributed by atoms with Crippen molar-refractivity contribution in [1.82, 2.24) is 9.80 Å². The Kier molecular flexibility index (Phi) is 6.12. The summed E-state index contributed by atoms with van der Waals surface area (Å²) >= 11 is 0. The molecule has 2 fully saturated rings. The summed E-state index contributed by atoms with van der Waals surface area (Å²) in [6.07, 6.45) is 2.07. The molecule has 0 aliphatic carbocycles. The van der Waals surface area contributed by atoms with Crippen molar-refractivity contribution in [1.29, 1.82) is 0 Å². The molecule has 2 aliphatic heterocycles. The Morgan fingerprint density at radius 3 is 2.30 bits per heavy atom. The van der Waals surface area contributed by atoms with Crippen LogP contribution < -0.4 is 0 Å². The van der Waals surface area contributed by atoms with Gasteiger partial charge in [-0.1, -0.05) is 18.8 Å². The SMILES string of the molecule is CC#CC1(OC2CN(CC)CCC2(O)C#CC)CCN(C)CC1. The lowest BCUT2D eigenvalue weighted by Crippen LogP contribution is -2.59. The van der Waals surface area contributed by atoms with E-state index in [9.17, 15) is 5.11 Å². The van der Waals surface area contributed by atoms with E-state index in [2.05, 4.69) is 47.5 Å². The molecule has 0 bridgehead atoms. The molecule has 2 saturated heterocycles. The van der Waals surface area contributed by atoms with Gasteiger partial charge in [-0.25, -0.2) is 0 Å². The van der Waals surface area contributed by atoms with E-state index in [1.807, 2.05) is 6.92 Å². The summed E-state index contributed by atoms with van der Waals surface area (Å²) in [5.74, 6) is 12.2. The van der Waals surface area contributed by atoms with Gasteiger partial charge in [0.2, 0.25) is 0 Å². The fourth-order valence-electron chi connectivity index (χ4n) is 3.50. The molecule has 128 valence electrons. The topological polar surface area (TPSA) is 35.9 Å². The van der Waals surface area contributed by atoms with Crippen LogP contribution in [0.2, 0.25) is 0 Å². The second-order valence-corrected chi connectivity index (χ2v) is 6.72. The summed E-state index contributed by atoms with van der Waals surface area (Å²) in [6, 6.07) is 0. The molecule has 23 heavy (non-hydrogen) atoms. The van der Waals surface area contributed by atoms with Crippen LogP contribution in [-0.2, 0) is 4.74 Å². The first kappa shape index (κ1) is 18.3. The molecule has 0 saturated carbocycles. The second-order valence-electron chi connectivity index (χ2n) is 6.72. The van der Waals surface area contributed by atoms with Gasteiger partial charge in [-0.05, 0) is 27.4 Å². The molecule has 0 spiro atoms. The highest BCUT2D eigenvalue weighted by molar-refractivity contribution is 5.21. The Bertz CT molecular complexity index is 517. The minimum Gasteiger partial charge on any atom is -0.375 e. The summed E-state index contributed by atoms with van der Waals surface area (Å²) in [5, 5.41) is 11.0. The number of likely N-dealkylation sites (N-methyl/N-ethyl adjacent to an activating group) is 1. The van der Waals surface area contributed by atoms with Crippen molar-refractivity contribution in [3.63, 3.8) is 0 Å². The average Bonchev–Trinajstić information content (AvgIpc) is 2.53. The van der Waals surface area contributed by atoms with Gasteiger partial charge < -0.3 is 19.6 Å². The van der Waals surface area contributed by atoms with Crippen LogP contribution in [0.25, 0.3) is 0 Å². The van der Waals surface area contributed by atoms with E-state index in [4.69, 9.17) is 4.74 Å². The predicted octanol–water partition coefficient (Wildman–Crippen LogP) is 1.34. The molecule has 0 aromatic carbocycles. The Labute approximate surface area is 141 Å². The summed E-state index contributed by atoms with van der Waals surface area (Å²) in [4.78, 5) is 4.62. The van der Waals surface area contributed by atoms with E-state index in [-0.39, 0.29) is 6.10 Å². The van der Waals surface area contributed by atoms with Crippen molar-refractivity contribution in [2.24, 2.45) is 0 Å². The highest BCUT2D eigenvalue weighted by atomic mass is 16.5. The Balaban J connectivity index is 2.22. The highest BCUT2D eigenvalue weighted by Gasteiger charge is 2.46. The van der Waals surface area contributed by atoms with Crippen LogP contribution in [0.4, 0.5) is 0 Å². The van der Waals surface area contributed by atoms with Crippen molar-refractivity contribution >= 4 is 0 Å². The van der Waals surface area contributed by atoms with E-state index >= 15 is 0 Å². The van der Waals surface area contributed by atoms with Crippen LogP contribution >= 0.6 is 0 Å². The fourth-order valence-corrected chi connectivity index (χ4v) is 3.50. The first-order chi connectivity index (χ1) is 11.0. The maximum atomic E-state index is 11.0. The number of ether oxygens (including phenoxy) is 1. The Hall–Kier alpha value is -1.04. The Morgan fingerprint density at radius 1 is 1.09 bits per heavy atom. The molecule has 2 heterocycles. The number of nitrogens with zero attached hydrogens (tertiary/aromatic N) is 2. The van der Waals surface area contributed by atoms with Crippen LogP contribution in [-0.4, -0.2) is 72.0 Å². The normalized spacial score (nSPS) is 31.6. The maximum Gasteiger partial charge on any atom is 0.153 e. The first-order valence-electron chi connectivity index (χ1n) is 8.66. The molecular formula is C19H30N2O2. The molecule has 0 radical (unpaired) electrons. The molecule has 0 aromatic heterocycles. The van der Waals surface area contributed by atoms with Crippen molar-refractivity contribution in [2.75, 3.05) is 39.8 Å². The standard InChI is InChI=1S/C19H30N2O2/c1-5-8-18(10-13-20(4)14-11-18)23-17-16-21(7-3)15-12-19(17,22)9-6-2/h17,22H,7,10-16H2,1-4H3. The molecule has 0 aromatic rings. The number of aliphatic hydroxyl groups is 1. The monoisotopic (exact) mass is 318 g/mol. The smallest absolute Gasteiger partial charge is 0.153 e. The van der Waals surface area contributed by atoms with Gasteiger partial charge in [-0.15, -0.1) is 11.8 Å². The molecule has 2 atom stereocenters. The summed E-state index contributed by atoms with van der Waals surface area (Å²) in [7, 11) is 2.13. The average molecular weight is 318 g/mol. The number of likely N-dealkylation sites (tertiary alicyclic amines) is 2. The van der Waals surface area contributed by atoms with Gasteiger partial charge in [0.1, 0.15) is 11.7 Å². The number of rotatable bonds is 3. The maximum absolute atomic E-state index is 11.0. The van der Waals surface area contributed by atoms with Gasteiger partial charge in [0.25, 0.3) is 0 Å². The van der Waals surface area contributed by atoms with Crippen LogP contribution in [0.3, 0.4) is 0 Å². The number of hydrogen-bond acceptors (Lipinski definition) is 4. The van der Waals surface area contributed by atoms with Crippen molar-refractivity contribution in [3.8, 4) is 23.7 Å². The van der Waals surface area contributed by atoms with Crippen LogP contribution in [0.5, 0.6) is 0 Å². The molecule has 1 N–H and O–H groups in total. The van der Waals surface area contributed by atoms with E-state index < -0.39 is 11.2 Å². The first-order valence-corrected chi connectivity index (χ1v) is 8.66. The third-order valence-corrected chi connectivity index (χ3v) is 5.07. The van der Waals surface area contributed by atoms with Gasteiger partial charge in [0.05, 0.1) is 0 Å². The van der Waals surface area contributed by atoms with Crippen LogP contribution in [0.15, 0.2) is 0 Å². The molecule has 4 nitrogen and oxygen atoms in total. The van der Waals surface area contributed by atoms with Gasteiger partial charge in [0.15, 0.2) is 5.60 Å². The number of piperidine rings is 2. The fraction of sp³-hybridized carbons (Fsp3) is 0.789. The zero-order valence-corrected chi connectivity index (χ0v) is 15.0. The van der Waals surface area contributed by atoms with Crippen LogP contribution in [0, 0.1) is 23.7 Å². The molecule has 2 rings (SSSR count). The third-order valence-electron chi connectivity index (χ3n) is 5.07. The Morgan fingerprint density at radius 2 is 1.74 bits per heavy atom. The molecule has 2 aliphatic rings. The van der Waals surface area contributed by atoms with Gasteiger partial charge in [-0.2, -0.15) is 0 Å². The van der Waals surface area contributed by atoms with E-state index in [1.165, 1.54) is 0 Å². The quantitative estimate of drug-likeness (QED) is 0.797. The minimum absolute atomic E-state index is 0.312. The molecular weight excluding hydrogens is 288 g/mol. The zero-order chi connectivity index (χ0) is 16.9. The van der Waals surface area contributed by atoms with Crippen molar-refractivity contribution in [3.05, 3.63) is 0 Å². The third kappa shape index (κ3) is 4.28. The van der Waals surface area contributed by atoms with E-state index in [0.717, 1.165) is 39.0 Å². The van der Waals surface area contributed by atoms with Crippen molar-refractivity contribution in [2.45, 2.75) is 57.3 Å². The zero-order valence-electron chi connectivity index (χ0n) is 15.0. The summed E-state index contributed by atoms with van der Waals surface area (Å²) in [5.41, 5.74) is -1.52. The summed E-state index contributed by atoms with van der Waals surface area (Å²) in [6.45, 7) is 10.3.